The van der Waals surface area contributed by atoms with E-state index in [-0.39, 0.29) is 11.4 Å². The average Bonchev–Trinajstić information content (AvgIpc) is 3.43. The first-order valence-electron chi connectivity index (χ1n) is 10.6. The molecule has 2 aromatic heterocycles. The maximum atomic E-state index is 13.1. The molecule has 6 heteroatoms. The second kappa shape index (κ2) is 8.01. The van der Waals surface area contributed by atoms with Crippen LogP contribution < -0.4 is 4.74 Å². The standard InChI is InChI=1S/C24H30N4O2/c1-5-6-15-30-19-11-9-18(10-12-19)23(29)27-16-20-21(17-27)25-28(24(2,3)4)22(20)26-13-7-8-14-26/h7-14H,5-6,15-17H2,1-4H3. The van der Waals surface area contributed by atoms with Gasteiger partial charge in [0.15, 0.2) is 0 Å². The molecule has 158 valence electrons. The first-order valence-corrected chi connectivity index (χ1v) is 10.6. The SMILES string of the molecule is CCCCOc1ccc(C(=O)N2Cc3nn(C(C)(C)C)c(-n4cccc4)c3C2)cc1. The van der Waals surface area contributed by atoms with Crippen LogP contribution in [0.3, 0.4) is 0 Å². The molecule has 4 rings (SSSR count). The Kier molecular flexibility index (Phi) is 5.41. The zero-order valence-corrected chi connectivity index (χ0v) is 18.3. The lowest BCUT2D eigenvalue weighted by Crippen LogP contribution is -2.29. The molecule has 3 aromatic rings. The molecule has 0 fully saturated rings. The number of ether oxygens (including phenoxy) is 1. The molecule has 0 spiro atoms. The fourth-order valence-corrected chi connectivity index (χ4v) is 3.76. The topological polar surface area (TPSA) is 52.3 Å². The minimum atomic E-state index is -0.146. The molecule has 6 nitrogen and oxygen atoms in total. The second-order valence-corrected chi connectivity index (χ2v) is 8.81. The van der Waals surface area contributed by atoms with Gasteiger partial charge in [0.2, 0.25) is 0 Å². The summed E-state index contributed by atoms with van der Waals surface area (Å²) in [6, 6.07) is 11.5. The van der Waals surface area contributed by atoms with Gasteiger partial charge < -0.3 is 14.2 Å². The molecule has 3 heterocycles. The zero-order chi connectivity index (χ0) is 21.3. The van der Waals surface area contributed by atoms with Crippen molar-refractivity contribution in [1.82, 2.24) is 19.2 Å². The van der Waals surface area contributed by atoms with Crippen LogP contribution in [0.15, 0.2) is 48.8 Å². The molecule has 1 aliphatic heterocycles. The van der Waals surface area contributed by atoms with Crippen LogP contribution in [-0.4, -0.2) is 31.8 Å². The highest BCUT2D eigenvalue weighted by atomic mass is 16.5. The summed E-state index contributed by atoms with van der Waals surface area (Å²) in [7, 11) is 0. The molecule has 0 unspecified atom stereocenters. The Morgan fingerprint density at radius 1 is 1.10 bits per heavy atom. The predicted molar refractivity (Wildman–Crippen MR) is 117 cm³/mol. The normalized spacial score (nSPS) is 13.5. The van der Waals surface area contributed by atoms with E-state index in [9.17, 15) is 4.79 Å². The number of carbonyl (C=O) groups excluding carboxylic acids is 1. The number of aromatic nitrogens is 3. The van der Waals surface area contributed by atoms with Gasteiger partial charge in [-0.25, -0.2) is 4.68 Å². The lowest BCUT2D eigenvalue weighted by molar-refractivity contribution is 0.0748. The Bertz CT molecular complexity index is 1010. The average molecular weight is 407 g/mol. The summed E-state index contributed by atoms with van der Waals surface area (Å²) in [5.41, 5.74) is 2.62. The summed E-state index contributed by atoms with van der Waals surface area (Å²) < 4.78 is 9.87. The smallest absolute Gasteiger partial charge is 0.254 e. The molecule has 1 aromatic carbocycles. The number of benzene rings is 1. The molecule has 0 bridgehead atoms. The molecular formula is C24H30N4O2. The Morgan fingerprint density at radius 3 is 2.43 bits per heavy atom. The number of carbonyl (C=O) groups is 1. The van der Waals surface area contributed by atoms with Crippen molar-refractivity contribution in [2.24, 2.45) is 0 Å². The molecule has 0 saturated carbocycles. The van der Waals surface area contributed by atoms with Crippen molar-refractivity contribution in [2.45, 2.75) is 59.2 Å². The molecule has 0 aliphatic carbocycles. The van der Waals surface area contributed by atoms with Crippen molar-refractivity contribution in [3.63, 3.8) is 0 Å². The van der Waals surface area contributed by atoms with Gasteiger partial charge in [-0.3, -0.25) is 4.79 Å². The number of rotatable bonds is 6. The fraction of sp³-hybridized carbons (Fsp3) is 0.417. The van der Waals surface area contributed by atoms with Crippen molar-refractivity contribution < 1.29 is 9.53 Å². The minimum Gasteiger partial charge on any atom is -0.494 e. The van der Waals surface area contributed by atoms with Gasteiger partial charge in [-0.05, 0) is 63.6 Å². The number of hydrogen-bond acceptors (Lipinski definition) is 3. The highest BCUT2D eigenvalue weighted by Crippen LogP contribution is 2.32. The second-order valence-electron chi connectivity index (χ2n) is 8.81. The molecule has 0 atom stereocenters. The van der Waals surface area contributed by atoms with Gasteiger partial charge in [0.1, 0.15) is 11.6 Å². The summed E-state index contributed by atoms with van der Waals surface area (Å²) in [4.78, 5) is 15.0. The van der Waals surface area contributed by atoms with E-state index >= 15 is 0 Å². The zero-order valence-electron chi connectivity index (χ0n) is 18.3. The van der Waals surface area contributed by atoms with Crippen molar-refractivity contribution in [1.29, 1.82) is 0 Å². The summed E-state index contributed by atoms with van der Waals surface area (Å²) >= 11 is 0. The molecule has 0 saturated heterocycles. The van der Waals surface area contributed by atoms with Crippen LogP contribution in [0, 0.1) is 0 Å². The van der Waals surface area contributed by atoms with Crippen molar-refractivity contribution in [3.05, 3.63) is 65.6 Å². The quantitative estimate of drug-likeness (QED) is 0.555. The third kappa shape index (κ3) is 3.86. The van der Waals surface area contributed by atoms with Gasteiger partial charge in [0.05, 0.1) is 30.9 Å². The highest BCUT2D eigenvalue weighted by molar-refractivity contribution is 5.94. The Labute approximate surface area is 178 Å². The van der Waals surface area contributed by atoms with Crippen LogP contribution in [0.4, 0.5) is 0 Å². The van der Waals surface area contributed by atoms with Gasteiger partial charge >= 0.3 is 0 Å². The Balaban J connectivity index is 1.54. The first kappa shape index (κ1) is 20.3. The van der Waals surface area contributed by atoms with Gasteiger partial charge in [-0.2, -0.15) is 5.10 Å². The van der Waals surface area contributed by atoms with E-state index in [0.717, 1.165) is 35.7 Å². The first-order chi connectivity index (χ1) is 14.4. The van der Waals surface area contributed by atoms with Gasteiger partial charge in [0, 0.05) is 23.5 Å². The lowest BCUT2D eigenvalue weighted by atomic mass is 10.1. The number of nitrogens with zero attached hydrogens (tertiary/aromatic N) is 4. The van der Waals surface area contributed by atoms with Crippen LogP contribution in [-0.2, 0) is 18.6 Å². The lowest BCUT2D eigenvalue weighted by Gasteiger charge is -2.24. The van der Waals surface area contributed by atoms with Gasteiger partial charge in [-0.1, -0.05) is 13.3 Å². The van der Waals surface area contributed by atoms with E-state index < -0.39 is 0 Å². The maximum Gasteiger partial charge on any atom is 0.254 e. The number of unbranched alkanes of at least 4 members (excludes halogenated alkanes) is 1. The summed E-state index contributed by atoms with van der Waals surface area (Å²) in [5.74, 6) is 1.87. The summed E-state index contributed by atoms with van der Waals surface area (Å²) in [5, 5.41) is 4.88. The van der Waals surface area contributed by atoms with Crippen LogP contribution in [0.25, 0.3) is 5.82 Å². The molecule has 30 heavy (non-hydrogen) atoms. The molecular weight excluding hydrogens is 376 g/mol. The number of hydrogen-bond donors (Lipinski definition) is 0. The van der Waals surface area contributed by atoms with E-state index in [1.165, 1.54) is 0 Å². The van der Waals surface area contributed by atoms with Crippen LogP contribution >= 0.6 is 0 Å². The van der Waals surface area contributed by atoms with E-state index in [1.54, 1.807) is 0 Å². The predicted octanol–water partition coefficient (Wildman–Crippen LogP) is 4.76. The number of fused-ring (bicyclic) bond motifs is 1. The van der Waals surface area contributed by atoms with Crippen LogP contribution in [0.1, 0.15) is 62.2 Å². The van der Waals surface area contributed by atoms with E-state index in [0.29, 0.717) is 25.3 Å². The highest BCUT2D eigenvalue weighted by Gasteiger charge is 2.33. The molecule has 1 aliphatic rings. The van der Waals surface area contributed by atoms with Crippen molar-refractivity contribution >= 4 is 5.91 Å². The fourth-order valence-electron chi connectivity index (χ4n) is 3.76. The monoisotopic (exact) mass is 406 g/mol. The molecule has 1 amide bonds. The maximum absolute atomic E-state index is 13.1. The number of amides is 1. The van der Waals surface area contributed by atoms with E-state index in [1.807, 2.05) is 53.7 Å². The molecule has 0 radical (unpaired) electrons. The van der Waals surface area contributed by atoms with E-state index in [2.05, 4.69) is 36.9 Å². The third-order valence-corrected chi connectivity index (χ3v) is 5.37. The molecule has 0 N–H and O–H groups in total. The summed E-state index contributed by atoms with van der Waals surface area (Å²) in [6.07, 6.45) is 6.19. The largest absolute Gasteiger partial charge is 0.494 e. The minimum absolute atomic E-state index is 0.0221. The Morgan fingerprint density at radius 2 is 1.80 bits per heavy atom. The van der Waals surface area contributed by atoms with Gasteiger partial charge in [0.25, 0.3) is 5.91 Å². The Hall–Kier alpha value is -3.02. The van der Waals surface area contributed by atoms with Crippen molar-refractivity contribution in [2.75, 3.05) is 6.61 Å². The van der Waals surface area contributed by atoms with Crippen molar-refractivity contribution in [3.8, 4) is 11.6 Å². The van der Waals surface area contributed by atoms with E-state index in [4.69, 9.17) is 9.84 Å². The van der Waals surface area contributed by atoms with Crippen LogP contribution in [0.2, 0.25) is 0 Å². The van der Waals surface area contributed by atoms with Gasteiger partial charge in [-0.15, -0.1) is 0 Å². The third-order valence-electron chi connectivity index (χ3n) is 5.37. The summed E-state index contributed by atoms with van der Waals surface area (Å²) in [6.45, 7) is 10.4. The van der Waals surface area contributed by atoms with Crippen LogP contribution in [0.5, 0.6) is 5.75 Å².